The molecule has 1 nitrogen and oxygen atoms in total. The Morgan fingerprint density at radius 3 is 2.26 bits per heavy atom. The molecule has 0 saturated heterocycles. The fourth-order valence-corrected chi connectivity index (χ4v) is 6.97. The van der Waals surface area contributed by atoms with Crippen LogP contribution in [0.4, 0.5) is 0 Å². The Balaban J connectivity index is 1.34. The maximum Gasteiger partial charge on any atom is 0.0991 e. The van der Waals surface area contributed by atoms with Gasteiger partial charge < -0.3 is 0 Å². The van der Waals surface area contributed by atoms with Crippen LogP contribution in [0.2, 0.25) is 0 Å². The van der Waals surface area contributed by atoms with Crippen molar-refractivity contribution in [1.82, 2.24) is 0 Å². The van der Waals surface area contributed by atoms with E-state index in [4.69, 9.17) is 5.26 Å². The number of nitrogens with zero attached hydrogens (tertiary/aromatic N) is 1. The summed E-state index contributed by atoms with van der Waals surface area (Å²) in [6.07, 6.45) is 17.6. The average molecular weight is 364 g/mol. The molecule has 1 aromatic rings. The molecule has 1 heteroatoms. The van der Waals surface area contributed by atoms with Gasteiger partial charge >= 0.3 is 0 Å². The Morgan fingerprint density at radius 1 is 0.852 bits per heavy atom. The third kappa shape index (κ3) is 4.26. The van der Waals surface area contributed by atoms with Crippen LogP contribution >= 0.6 is 0 Å². The molecule has 1 aromatic carbocycles. The van der Waals surface area contributed by atoms with Gasteiger partial charge in [-0.1, -0.05) is 51.2 Å². The molecule has 0 bridgehead atoms. The van der Waals surface area contributed by atoms with Crippen LogP contribution in [-0.2, 0) is 0 Å². The minimum atomic E-state index is 0.737. The monoisotopic (exact) mass is 363 g/mol. The zero-order chi connectivity index (χ0) is 18.6. The van der Waals surface area contributed by atoms with Crippen LogP contribution in [0.1, 0.15) is 101 Å². The third-order valence-electron chi connectivity index (χ3n) is 8.38. The second-order valence-corrected chi connectivity index (χ2v) is 9.84. The van der Waals surface area contributed by atoms with Gasteiger partial charge in [0.25, 0.3) is 0 Å². The Kier molecular flexibility index (Phi) is 6.21. The highest BCUT2D eigenvalue weighted by Gasteiger charge is 2.44. The van der Waals surface area contributed by atoms with Crippen molar-refractivity contribution in [3.63, 3.8) is 0 Å². The molecule has 0 spiro atoms. The van der Waals surface area contributed by atoms with E-state index in [2.05, 4.69) is 25.1 Å². The summed E-state index contributed by atoms with van der Waals surface area (Å²) < 4.78 is 0. The normalized spacial score (nSPS) is 35.7. The first-order valence-electron chi connectivity index (χ1n) is 11.8. The van der Waals surface area contributed by atoms with Crippen molar-refractivity contribution in [2.75, 3.05) is 0 Å². The predicted octanol–water partition coefficient (Wildman–Crippen LogP) is 7.46. The lowest BCUT2D eigenvalue weighted by atomic mass is 9.55. The quantitative estimate of drug-likeness (QED) is 0.498. The molecule has 3 aliphatic carbocycles. The van der Waals surface area contributed by atoms with Gasteiger partial charge in [-0.25, -0.2) is 0 Å². The van der Waals surface area contributed by atoms with Gasteiger partial charge in [0.2, 0.25) is 0 Å². The van der Waals surface area contributed by atoms with Gasteiger partial charge in [0.1, 0.15) is 0 Å². The summed E-state index contributed by atoms with van der Waals surface area (Å²) in [6, 6.07) is 10.7. The van der Waals surface area contributed by atoms with Gasteiger partial charge in [-0.3, -0.25) is 0 Å². The van der Waals surface area contributed by atoms with E-state index in [1.807, 2.05) is 12.1 Å². The third-order valence-corrected chi connectivity index (χ3v) is 8.38. The van der Waals surface area contributed by atoms with Crippen LogP contribution < -0.4 is 0 Å². The highest BCUT2D eigenvalue weighted by Crippen LogP contribution is 2.55. The molecular weight excluding hydrogens is 326 g/mol. The average Bonchev–Trinajstić information content (AvgIpc) is 2.73. The number of benzene rings is 1. The summed E-state index contributed by atoms with van der Waals surface area (Å²) >= 11 is 0. The first-order chi connectivity index (χ1) is 13.3. The molecule has 3 aliphatic rings. The fraction of sp³-hybridized carbons (Fsp3) is 0.731. The summed E-state index contributed by atoms with van der Waals surface area (Å²) in [5.41, 5.74) is 2.28. The predicted molar refractivity (Wildman–Crippen MR) is 112 cm³/mol. The van der Waals surface area contributed by atoms with Crippen molar-refractivity contribution in [3.05, 3.63) is 35.4 Å². The highest BCUT2D eigenvalue weighted by molar-refractivity contribution is 5.33. The topological polar surface area (TPSA) is 23.8 Å². The summed E-state index contributed by atoms with van der Waals surface area (Å²) in [4.78, 5) is 0. The molecule has 0 aliphatic heterocycles. The van der Waals surface area contributed by atoms with Gasteiger partial charge in [0.15, 0.2) is 0 Å². The van der Waals surface area contributed by atoms with Crippen molar-refractivity contribution in [3.8, 4) is 6.07 Å². The van der Waals surface area contributed by atoms with Crippen LogP contribution in [-0.4, -0.2) is 0 Å². The summed E-state index contributed by atoms with van der Waals surface area (Å²) in [7, 11) is 0. The van der Waals surface area contributed by atoms with Gasteiger partial charge in [0, 0.05) is 0 Å². The van der Waals surface area contributed by atoms with E-state index >= 15 is 0 Å². The second-order valence-electron chi connectivity index (χ2n) is 9.84. The number of fused-ring (bicyclic) bond motifs is 3. The van der Waals surface area contributed by atoms with Crippen LogP contribution in [0, 0.1) is 40.9 Å². The van der Waals surface area contributed by atoms with Crippen molar-refractivity contribution in [1.29, 1.82) is 5.26 Å². The Hall–Kier alpha value is -1.29. The van der Waals surface area contributed by atoms with Crippen LogP contribution in [0.5, 0.6) is 0 Å². The van der Waals surface area contributed by atoms with Gasteiger partial charge in [0.05, 0.1) is 11.6 Å². The molecule has 0 amide bonds. The maximum atomic E-state index is 9.03. The first-order valence-corrected chi connectivity index (χ1v) is 11.8. The highest BCUT2D eigenvalue weighted by atomic mass is 14.5. The van der Waals surface area contributed by atoms with Crippen LogP contribution in [0.25, 0.3) is 0 Å². The number of unbranched alkanes of at least 4 members (excludes halogenated alkanes) is 2. The Labute approximate surface area is 166 Å². The van der Waals surface area contributed by atoms with E-state index in [1.165, 1.54) is 76.2 Å². The molecule has 6 atom stereocenters. The standard InChI is InChI=1S/C26H37N/c1-2-3-4-5-19-8-14-25-23(16-19)11-12-24-17-22(13-15-26(24)25)21-9-6-20(18-27)7-10-21/h6-7,9-10,19,22-26H,2-5,8,11-17H2,1H3/t19-,22?,23+,24-,25+,26-/m1/s1. The molecule has 0 aromatic heterocycles. The SMILES string of the molecule is CCCCC[C@@H]1CC[C@H]2[C@@H](CC[C@@H]3CC(c4ccc(C#N)cc4)CC[C@H]32)C1. The van der Waals surface area contributed by atoms with Gasteiger partial charge in [-0.2, -0.15) is 5.26 Å². The number of nitriles is 1. The first kappa shape index (κ1) is 19.0. The summed E-state index contributed by atoms with van der Waals surface area (Å²) in [5, 5.41) is 9.03. The van der Waals surface area contributed by atoms with Crippen molar-refractivity contribution >= 4 is 0 Å². The Bertz CT molecular complexity index is 639. The van der Waals surface area contributed by atoms with Crippen LogP contribution in [0.3, 0.4) is 0 Å². The van der Waals surface area contributed by atoms with E-state index in [0.717, 1.165) is 41.1 Å². The van der Waals surface area contributed by atoms with Crippen LogP contribution in [0.15, 0.2) is 24.3 Å². The molecule has 4 rings (SSSR count). The van der Waals surface area contributed by atoms with Crippen molar-refractivity contribution in [2.24, 2.45) is 29.6 Å². The smallest absolute Gasteiger partial charge is 0.0991 e. The second kappa shape index (κ2) is 8.81. The molecule has 146 valence electrons. The molecular formula is C26H37N. The van der Waals surface area contributed by atoms with E-state index in [-0.39, 0.29) is 0 Å². The Morgan fingerprint density at radius 2 is 1.56 bits per heavy atom. The largest absolute Gasteiger partial charge is 0.192 e. The van der Waals surface area contributed by atoms with Gasteiger partial charge in [-0.15, -0.1) is 0 Å². The molecule has 0 radical (unpaired) electrons. The zero-order valence-electron chi connectivity index (χ0n) is 17.2. The van der Waals surface area contributed by atoms with E-state index < -0.39 is 0 Å². The van der Waals surface area contributed by atoms with Gasteiger partial charge in [-0.05, 0) is 98.1 Å². The number of hydrogen-bond acceptors (Lipinski definition) is 1. The van der Waals surface area contributed by atoms with Crippen molar-refractivity contribution < 1.29 is 0 Å². The zero-order valence-corrected chi connectivity index (χ0v) is 17.2. The van der Waals surface area contributed by atoms with E-state index in [0.29, 0.717) is 0 Å². The molecule has 27 heavy (non-hydrogen) atoms. The molecule has 0 heterocycles. The van der Waals surface area contributed by atoms with E-state index in [9.17, 15) is 0 Å². The summed E-state index contributed by atoms with van der Waals surface area (Å²) in [6.45, 7) is 2.33. The molecule has 3 saturated carbocycles. The minimum Gasteiger partial charge on any atom is -0.192 e. The van der Waals surface area contributed by atoms with Crippen molar-refractivity contribution in [2.45, 2.75) is 89.9 Å². The minimum absolute atomic E-state index is 0.737. The molecule has 0 N–H and O–H groups in total. The maximum absolute atomic E-state index is 9.03. The lowest BCUT2D eigenvalue weighted by molar-refractivity contribution is 0.00519. The summed E-state index contributed by atoms with van der Waals surface area (Å²) in [5.74, 6) is 5.88. The lowest BCUT2D eigenvalue weighted by Gasteiger charge is -2.51. The van der Waals surface area contributed by atoms with E-state index in [1.54, 1.807) is 6.42 Å². The lowest BCUT2D eigenvalue weighted by Crippen LogP contribution is -2.41. The number of hydrogen-bond donors (Lipinski definition) is 0. The molecule has 3 fully saturated rings. The molecule has 1 unspecified atom stereocenters. The fourth-order valence-electron chi connectivity index (χ4n) is 6.97. The number of rotatable bonds is 5.